The van der Waals surface area contributed by atoms with Gasteiger partial charge in [-0.25, -0.2) is 4.98 Å². The minimum Gasteiger partial charge on any atom is -0.246 e. The molecule has 0 N–H and O–H groups in total. The van der Waals surface area contributed by atoms with E-state index in [0.29, 0.717) is 0 Å². The summed E-state index contributed by atoms with van der Waals surface area (Å²) in [7, 11) is 0. The van der Waals surface area contributed by atoms with Crippen LogP contribution in [0.1, 0.15) is 11.1 Å². The number of hydrogen-bond acceptors (Lipinski definition) is 2. The Morgan fingerprint density at radius 3 is 2.43 bits per heavy atom. The number of hydrogen-bond donors (Lipinski definition) is 0. The van der Waals surface area contributed by atoms with Crippen molar-refractivity contribution in [3.05, 3.63) is 65.0 Å². The van der Waals surface area contributed by atoms with E-state index in [0.717, 1.165) is 11.2 Å². The molecule has 0 radical (unpaired) electrons. The first-order chi connectivity index (χ1) is 10.2. The number of benzene rings is 2. The molecule has 0 fully saturated rings. The van der Waals surface area contributed by atoms with E-state index >= 15 is 0 Å². The summed E-state index contributed by atoms with van der Waals surface area (Å²) in [6, 6.07) is 17.2. The van der Waals surface area contributed by atoms with Crippen molar-refractivity contribution in [2.45, 2.75) is 13.8 Å². The molecule has 0 aliphatic rings. The zero-order valence-corrected chi connectivity index (χ0v) is 12.9. The predicted molar refractivity (Wildman–Crippen MR) is 92.0 cm³/mol. The van der Waals surface area contributed by atoms with Crippen molar-refractivity contribution in [2.24, 2.45) is 0 Å². The van der Waals surface area contributed by atoms with Crippen molar-refractivity contribution >= 4 is 32.3 Å². The smallest absolute Gasteiger partial charge is 0.0888 e. The highest BCUT2D eigenvalue weighted by Gasteiger charge is 2.11. The number of rotatable bonds is 1. The van der Waals surface area contributed by atoms with Gasteiger partial charge in [-0.2, -0.15) is 0 Å². The van der Waals surface area contributed by atoms with Crippen LogP contribution in [0.25, 0.3) is 32.2 Å². The van der Waals surface area contributed by atoms with Gasteiger partial charge in [-0.3, -0.25) is 0 Å². The molecule has 2 heteroatoms. The Morgan fingerprint density at radius 2 is 1.62 bits per heavy atom. The van der Waals surface area contributed by atoms with Crippen molar-refractivity contribution in [3.63, 3.8) is 0 Å². The Hall–Kier alpha value is -2.19. The lowest BCUT2D eigenvalue weighted by Gasteiger charge is -2.08. The monoisotopic (exact) mass is 289 g/mol. The minimum atomic E-state index is 1.07. The van der Waals surface area contributed by atoms with Crippen LogP contribution in [0.15, 0.2) is 53.9 Å². The standard InChI is InChI=1S/C19H15NS/c1-12-9-13(2)11-14(10-12)18-19-16(7-8-21-19)15-5-3-4-6-17(15)20-18/h3-11H,1-2H3. The molecule has 0 saturated carbocycles. The van der Waals surface area contributed by atoms with Crippen LogP contribution >= 0.6 is 11.3 Å². The van der Waals surface area contributed by atoms with Gasteiger partial charge < -0.3 is 0 Å². The van der Waals surface area contributed by atoms with Gasteiger partial charge in [0.05, 0.1) is 15.9 Å². The molecule has 0 spiro atoms. The average Bonchev–Trinajstić information content (AvgIpc) is 2.95. The fraction of sp³-hybridized carbons (Fsp3) is 0.105. The molecule has 0 atom stereocenters. The van der Waals surface area contributed by atoms with Crippen molar-refractivity contribution in [3.8, 4) is 11.3 Å². The second-order valence-electron chi connectivity index (χ2n) is 5.52. The molecule has 1 nitrogen and oxygen atoms in total. The molecule has 0 bridgehead atoms. The van der Waals surface area contributed by atoms with Gasteiger partial charge in [0.1, 0.15) is 0 Å². The molecule has 0 aliphatic carbocycles. The van der Waals surface area contributed by atoms with E-state index < -0.39 is 0 Å². The lowest BCUT2D eigenvalue weighted by atomic mass is 10.0. The Kier molecular flexibility index (Phi) is 2.79. The van der Waals surface area contributed by atoms with E-state index in [-0.39, 0.29) is 0 Å². The molecule has 4 rings (SSSR count). The first-order valence-electron chi connectivity index (χ1n) is 7.07. The van der Waals surface area contributed by atoms with E-state index in [1.54, 1.807) is 11.3 Å². The molecule has 4 aromatic rings. The number of thiophene rings is 1. The van der Waals surface area contributed by atoms with Crippen molar-refractivity contribution in [1.82, 2.24) is 4.98 Å². The molecular formula is C19H15NS. The van der Waals surface area contributed by atoms with Crippen molar-refractivity contribution < 1.29 is 0 Å². The van der Waals surface area contributed by atoms with Crippen LogP contribution in [0.3, 0.4) is 0 Å². The van der Waals surface area contributed by atoms with E-state index in [9.17, 15) is 0 Å². The van der Waals surface area contributed by atoms with Gasteiger partial charge in [-0.05, 0) is 43.5 Å². The van der Waals surface area contributed by atoms with Gasteiger partial charge in [0.15, 0.2) is 0 Å². The molecule has 2 aromatic heterocycles. The van der Waals surface area contributed by atoms with E-state index in [4.69, 9.17) is 4.98 Å². The van der Waals surface area contributed by atoms with Gasteiger partial charge in [0.25, 0.3) is 0 Å². The Morgan fingerprint density at radius 1 is 0.857 bits per heavy atom. The topological polar surface area (TPSA) is 12.9 Å². The second-order valence-corrected chi connectivity index (χ2v) is 6.43. The van der Waals surface area contributed by atoms with Gasteiger partial charge >= 0.3 is 0 Å². The zero-order chi connectivity index (χ0) is 14.4. The number of aryl methyl sites for hydroxylation is 2. The Labute approximate surface area is 127 Å². The predicted octanol–water partition coefficient (Wildman–Crippen LogP) is 5.73. The van der Waals surface area contributed by atoms with Crippen LogP contribution in [0.4, 0.5) is 0 Å². The molecular weight excluding hydrogens is 274 g/mol. The summed E-state index contributed by atoms with van der Waals surface area (Å²) in [4.78, 5) is 4.94. The summed E-state index contributed by atoms with van der Waals surface area (Å²) < 4.78 is 1.28. The van der Waals surface area contributed by atoms with Crippen LogP contribution in [0.5, 0.6) is 0 Å². The average molecular weight is 289 g/mol. The van der Waals surface area contributed by atoms with Crippen molar-refractivity contribution in [1.29, 1.82) is 0 Å². The highest BCUT2D eigenvalue weighted by molar-refractivity contribution is 7.17. The summed E-state index contributed by atoms with van der Waals surface area (Å²) in [6.07, 6.45) is 0. The lowest BCUT2D eigenvalue weighted by Crippen LogP contribution is -1.88. The fourth-order valence-corrected chi connectivity index (χ4v) is 3.90. The Bertz CT molecular complexity index is 946. The zero-order valence-electron chi connectivity index (χ0n) is 12.1. The maximum absolute atomic E-state index is 4.94. The molecule has 0 unspecified atom stereocenters. The van der Waals surface area contributed by atoms with Crippen LogP contribution in [-0.2, 0) is 0 Å². The normalized spacial score (nSPS) is 11.3. The summed E-state index contributed by atoms with van der Waals surface area (Å²) in [6.45, 7) is 4.28. The summed E-state index contributed by atoms with van der Waals surface area (Å²) in [5.74, 6) is 0. The Balaban J connectivity index is 2.13. The van der Waals surface area contributed by atoms with Crippen LogP contribution in [0.2, 0.25) is 0 Å². The van der Waals surface area contributed by atoms with Crippen LogP contribution in [0, 0.1) is 13.8 Å². The van der Waals surface area contributed by atoms with Gasteiger partial charge in [-0.1, -0.05) is 35.4 Å². The van der Waals surface area contributed by atoms with E-state index in [1.807, 2.05) is 0 Å². The third-order valence-electron chi connectivity index (χ3n) is 3.80. The summed E-state index contributed by atoms with van der Waals surface area (Å²) in [5.41, 5.74) is 5.95. The lowest BCUT2D eigenvalue weighted by molar-refractivity contribution is 1.36. The van der Waals surface area contributed by atoms with Gasteiger partial charge in [0.2, 0.25) is 0 Å². The molecule has 0 amide bonds. The molecule has 0 aliphatic heterocycles. The molecule has 2 heterocycles. The van der Waals surface area contributed by atoms with E-state index in [2.05, 4.69) is 67.8 Å². The number of aromatic nitrogens is 1. The van der Waals surface area contributed by atoms with Gasteiger partial charge in [0, 0.05) is 16.3 Å². The fourth-order valence-electron chi connectivity index (χ4n) is 2.98. The highest BCUT2D eigenvalue weighted by atomic mass is 32.1. The minimum absolute atomic E-state index is 1.07. The van der Waals surface area contributed by atoms with Crippen LogP contribution in [-0.4, -0.2) is 4.98 Å². The highest BCUT2D eigenvalue weighted by Crippen LogP contribution is 2.36. The van der Waals surface area contributed by atoms with E-state index in [1.165, 1.54) is 32.2 Å². The number of pyridine rings is 1. The quantitative estimate of drug-likeness (QED) is 0.436. The molecule has 102 valence electrons. The third kappa shape index (κ3) is 2.03. The maximum Gasteiger partial charge on any atom is 0.0888 e. The third-order valence-corrected chi connectivity index (χ3v) is 4.72. The SMILES string of the molecule is Cc1cc(C)cc(-c2nc3ccccc3c3ccsc23)c1. The van der Waals surface area contributed by atoms with Gasteiger partial charge in [-0.15, -0.1) is 11.3 Å². The summed E-state index contributed by atoms with van der Waals surface area (Å²) in [5, 5.41) is 4.70. The number of para-hydroxylation sites is 1. The maximum atomic E-state index is 4.94. The molecule has 0 saturated heterocycles. The first-order valence-corrected chi connectivity index (χ1v) is 7.95. The number of nitrogens with zero attached hydrogens (tertiary/aromatic N) is 1. The first kappa shape index (κ1) is 12.5. The molecule has 21 heavy (non-hydrogen) atoms. The summed E-state index contributed by atoms with van der Waals surface area (Å²) >= 11 is 1.77. The second kappa shape index (κ2) is 4.68. The van der Waals surface area contributed by atoms with Crippen molar-refractivity contribution in [2.75, 3.05) is 0 Å². The largest absolute Gasteiger partial charge is 0.246 e. The molecule has 2 aromatic carbocycles. The number of fused-ring (bicyclic) bond motifs is 3. The van der Waals surface area contributed by atoms with Crippen LogP contribution < -0.4 is 0 Å².